The maximum Gasteiger partial charge on any atom is 0.269 e. The van der Waals surface area contributed by atoms with Gasteiger partial charge in [-0.2, -0.15) is 0 Å². The van der Waals surface area contributed by atoms with Gasteiger partial charge < -0.3 is 9.15 Å². The molecule has 0 aliphatic rings. The van der Waals surface area contributed by atoms with E-state index in [4.69, 9.17) is 9.15 Å². The third-order valence-corrected chi connectivity index (χ3v) is 5.51. The van der Waals surface area contributed by atoms with Gasteiger partial charge >= 0.3 is 0 Å². The Kier molecular flexibility index (Phi) is 5.80. The van der Waals surface area contributed by atoms with Crippen molar-refractivity contribution in [2.24, 2.45) is 0 Å². The summed E-state index contributed by atoms with van der Waals surface area (Å²) in [5.74, 6) is 2.89. The minimum absolute atomic E-state index is 0.0755. The first-order valence-corrected chi connectivity index (χ1v) is 10.1. The molecule has 0 N–H and O–H groups in total. The second kappa shape index (κ2) is 8.83. The average molecular weight is 422 g/mol. The Labute approximate surface area is 176 Å². The molecule has 0 spiro atoms. The monoisotopic (exact) mass is 422 g/mol. The molecule has 0 unspecified atom stereocenters. The molecule has 2 aromatic heterocycles. The minimum atomic E-state index is -0.405. The van der Waals surface area contributed by atoms with E-state index < -0.39 is 4.92 Å². The molecule has 4 aromatic rings. The molecule has 0 radical (unpaired) electrons. The SMILES string of the molecule is COc1ccc(-c2nnc(SCc3ccc([N+](=O)[O-])cc3)n2Cc2ccco2)cc1. The molecule has 0 saturated heterocycles. The molecule has 152 valence electrons. The van der Waals surface area contributed by atoms with E-state index in [9.17, 15) is 10.1 Å². The van der Waals surface area contributed by atoms with Crippen molar-refractivity contribution in [2.45, 2.75) is 17.5 Å². The van der Waals surface area contributed by atoms with Crippen LogP contribution in [0, 0.1) is 10.1 Å². The molecule has 4 rings (SSSR count). The highest BCUT2D eigenvalue weighted by Gasteiger charge is 2.16. The summed E-state index contributed by atoms with van der Waals surface area (Å²) in [6.07, 6.45) is 1.64. The average Bonchev–Trinajstić information content (AvgIpc) is 3.43. The normalized spacial score (nSPS) is 10.8. The standard InChI is InChI=1S/C21H18N4O4S/c1-28-18-10-6-16(7-11-18)20-22-23-21(24(20)13-19-3-2-12-29-19)30-14-15-4-8-17(9-5-15)25(26)27/h2-12H,13-14H2,1H3. The van der Waals surface area contributed by atoms with Crippen LogP contribution in [-0.4, -0.2) is 26.8 Å². The van der Waals surface area contributed by atoms with Crippen molar-refractivity contribution < 1.29 is 14.1 Å². The summed E-state index contributed by atoms with van der Waals surface area (Å²) < 4.78 is 12.7. The Morgan fingerprint density at radius 1 is 1.10 bits per heavy atom. The van der Waals surface area contributed by atoms with Crippen LogP contribution in [0.15, 0.2) is 76.5 Å². The van der Waals surface area contributed by atoms with Gasteiger partial charge in [0.15, 0.2) is 11.0 Å². The number of rotatable bonds is 8. The summed E-state index contributed by atoms with van der Waals surface area (Å²) in [5, 5.41) is 20.3. The van der Waals surface area contributed by atoms with Crippen molar-refractivity contribution in [2.75, 3.05) is 7.11 Å². The van der Waals surface area contributed by atoms with Crippen LogP contribution in [0.3, 0.4) is 0 Å². The number of hydrogen-bond donors (Lipinski definition) is 0. The van der Waals surface area contributed by atoms with E-state index in [0.717, 1.165) is 33.6 Å². The number of nitro groups is 1. The topological polar surface area (TPSA) is 96.2 Å². The lowest BCUT2D eigenvalue weighted by atomic mass is 10.2. The van der Waals surface area contributed by atoms with Crippen molar-refractivity contribution in [3.05, 3.63) is 88.4 Å². The second-order valence-electron chi connectivity index (χ2n) is 6.41. The van der Waals surface area contributed by atoms with Gasteiger partial charge in [-0.15, -0.1) is 10.2 Å². The number of non-ortho nitro benzene ring substituents is 1. The Hall–Kier alpha value is -3.59. The van der Waals surface area contributed by atoms with Crippen molar-refractivity contribution in [3.8, 4) is 17.1 Å². The number of benzene rings is 2. The fourth-order valence-electron chi connectivity index (χ4n) is 2.91. The van der Waals surface area contributed by atoms with Gasteiger partial charge in [-0.25, -0.2) is 0 Å². The highest BCUT2D eigenvalue weighted by atomic mass is 32.2. The lowest BCUT2D eigenvalue weighted by Crippen LogP contribution is -2.03. The smallest absolute Gasteiger partial charge is 0.269 e. The number of nitro benzene ring substituents is 1. The van der Waals surface area contributed by atoms with Crippen LogP contribution in [0.4, 0.5) is 5.69 Å². The number of furan rings is 1. The van der Waals surface area contributed by atoms with Crippen LogP contribution < -0.4 is 4.74 Å². The first-order valence-electron chi connectivity index (χ1n) is 9.10. The molecule has 0 saturated carbocycles. The zero-order valence-corrected chi connectivity index (χ0v) is 16.9. The number of aromatic nitrogens is 3. The summed E-state index contributed by atoms with van der Waals surface area (Å²) in [7, 11) is 1.63. The maximum absolute atomic E-state index is 10.8. The first-order chi connectivity index (χ1) is 14.6. The first kappa shape index (κ1) is 19.7. The summed E-state index contributed by atoms with van der Waals surface area (Å²) in [4.78, 5) is 10.4. The molecule has 0 atom stereocenters. The molecule has 30 heavy (non-hydrogen) atoms. The van der Waals surface area contributed by atoms with Crippen LogP contribution in [0.25, 0.3) is 11.4 Å². The van der Waals surface area contributed by atoms with Crippen LogP contribution in [-0.2, 0) is 12.3 Å². The van der Waals surface area contributed by atoms with E-state index in [2.05, 4.69) is 10.2 Å². The summed E-state index contributed by atoms with van der Waals surface area (Å²) >= 11 is 1.51. The summed E-state index contributed by atoms with van der Waals surface area (Å²) in [6.45, 7) is 0.490. The molecule has 0 amide bonds. The molecular formula is C21H18N4O4S. The highest BCUT2D eigenvalue weighted by Crippen LogP contribution is 2.29. The lowest BCUT2D eigenvalue weighted by molar-refractivity contribution is -0.384. The number of nitrogens with zero attached hydrogens (tertiary/aromatic N) is 4. The number of hydrogen-bond acceptors (Lipinski definition) is 7. The highest BCUT2D eigenvalue weighted by molar-refractivity contribution is 7.98. The Morgan fingerprint density at radius 3 is 2.50 bits per heavy atom. The number of thioether (sulfide) groups is 1. The third kappa shape index (κ3) is 4.36. The largest absolute Gasteiger partial charge is 0.497 e. The van der Waals surface area contributed by atoms with E-state index in [1.807, 2.05) is 41.0 Å². The van der Waals surface area contributed by atoms with Gasteiger partial charge in [-0.1, -0.05) is 23.9 Å². The van der Waals surface area contributed by atoms with Crippen molar-refractivity contribution in [1.29, 1.82) is 0 Å². The fraction of sp³-hybridized carbons (Fsp3) is 0.143. The zero-order valence-electron chi connectivity index (χ0n) is 16.1. The van der Waals surface area contributed by atoms with Gasteiger partial charge in [0.1, 0.15) is 11.5 Å². The molecular weight excluding hydrogens is 404 g/mol. The summed E-state index contributed by atoms with van der Waals surface area (Å²) in [5.41, 5.74) is 1.95. The van der Waals surface area contributed by atoms with Gasteiger partial charge in [0.2, 0.25) is 0 Å². The van der Waals surface area contributed by atoms with Crippen molar-refractivity contribution in [1.82, 2.24) is 14.8 Å². The van der Waals surface area contributed by atoms with E-state index in [1.54, 1.807) is 25.5 Å². The van der Waals surface area contributed by atoms with Crippen LogP contribution >= 0.6 is 11.8 Å². The Morgan fingerprint density at radius 2 is 1.87 bits per heavy atom. The molecule has 8 nitrogen and oxygen atoms in total. The molecule has 0 bridgehead atoms. The summed E-state index contributed by atoms with van der Waals surface area (Å²) in [6, 6.07) is 17.9. The fourth-order valence-corrected chi connectivity index (χ4v) is 3.81. The number of methoxy groups -OCH3 is 1. The molecule has 2 heterocycles. The van der Waals surface area contributed by atoms with E-state index >= 15 is 0 Å². The second-order valence-corrected chi connectivity index (χ2v) is 7.35. The van der Waals surface area contributed by atoms with Gasteiger partial charge in [-0.3, -0.25) is 14.7 Å². The van der Waals surface area contributed by atoms with Gasteiger partial charge in [0.05, 0.1) is 24.8 Å². The van der Waals surface area contributed by atoms with E-state index in [-0.39, 0.29) is 5.69 Å². The molecule has 0 aliphatic carbocycles. The predicted octanol–water partition coefficient (Wildman–Crippen LogP) is 4.80. The zero-order chi connectivity index (χ0) is 20.9. The van der Waals surface area contributed by atoms with E-state index in [1.165, 1.54) is 23.9 Å². The Balaban J connectivity index is 1.60. The van der Waals surface area contributed by atoms with Crippen molar-refractivity contribution >= 4 is 17.4 Å². The Bertz CT molecular complexity index is 1120. The molecule has 0 aliphatic heterocycles. The number of ether oxygens (including phenoxy) is 1. The quantitative estimate of drug-likeness (QED) is 0.229. The van der Waals surface area contributed by atoms with Crippen LogP contribution in [0.5, 0.6) is 5.75 Å². The predicted molar refractivity (Wildman–Crippen MR) is 112 cm³/mol. The van der Waals surface area contributed by atoms with Crippen LogP contribution in [0.1, 0.15) is 11.3 Å². The molecule has 9 heteroatoms. The minimum Gasteiger partial charge on any atom is -0.497 e. The third-order valence-electron chi connectivity index (χ3n) is 4.47. The molecule has 0 fully saturated rings. The van der Waals surface area contributed by atoms with Crippen LogP contribution in [0.2, 0.25) is 0 Å². The lowest BCUT2D eigenvalue weighted by Gasteiger charge is -2.09. The van der Waals surface area contributed by atoms with Crippen molar-refractivity contribution in [3.63, 3.8) is 0 Å². The van der Waals surface area contributed by atoms with Gasteiger partial charge in [-0.05, 0) is 42.0 Å². The maximum atomic E-state index is 10.8. The van der Waals surface area contributed by atoms with Gasteiger partial charge in [0, 0.05) is 23.4 Å². The van der Waals surface area contributed by atoms with E-state index in [0.29, 0.717) is 12.3 Å². The molecule has 2 aromatic carbocycles. The van der Waals surface area contributed by atoms with Gasteiger partial charge in [0.25, 0.3) is 5.69 Å².